The predicted octanol–water partition coefficient (Wildman–Crippen LogP) is 1.47. The molecule has 1 aromatic carbocycles. The fourth-order valence-corrected chi connectivity index (χ4v) is 3.19. The van der Waals surface area contributed by atoms with Crippen LogP contribution in [-0.2, 0) is 0 Å². The average molecular weight is 319 g/mol. The van der Waals surface area contributed by atoms with Crippen LogP contribution in [0.1, 0.15) is 11.7 Å². The fourth-order valence-electron chi connectivity index (χ4n) is 2.19. The van der Waals surface area contributed by atoms with Gasteiger partial charge in [0.2, 0.25) is 0 Å². The Bertz CT molecular complexity index is 739. The number of nitrogens with two attached hydrogens (primary N) is 1. The number of nitrogens with zero attached hydrogens (tertiary/aromatic N) is 3. The predicted molar refractivity (Wildman–Crippen MR) is 82.5 cm³/mol. The van der Waals surface area contributed by atoms with Crippen molar-refractivity contribution in [3.8, 4) is 0 Å². The van der Waals surface area contributed by atoms with Crippen LogP contribution in [0.4, 0.5) is 17.2 Å². The van der Waals surface area contributed by atoms with E-state index < -0.39 is 11.1 Å². The first kappa shape index (κ1) is 14.5. The van der Waals surface area contributed by atoms with E-state index in [9.17, 15) is 10.1 Å². The summed E-state index contributed by atoms with van der Waals surface area (Å²) in [5.41, 5.74) is 4.01. The van der Waals surface area contributed by atoms with Crippen molar-refractivity contribution < 1.29 is 4.92 Å². The summed E-state index contributed by atoms with van der Waals surface area (Å²) in [5.74, 6) is 6.23. The highest BCUT2D eigenvalue weighted by molar-refractivity contribution is 7.99. The van der Waals surface area contributed by atoms with E-state index in [1.165, 1.54) is 30.2 Å². The fraction of sp³-hybridized carbons (Fsp3) is 0.167. The second kappa shape index (κ2) is 5.75. The van der Waals surface area contributed by atoms with E-state index >= 15 is 0 Å². The zero-order valence-electron chi connectivity index (χ0n) is 11.5. The first-order valence-corrected chi connectivity index (χ1v) is 7.17. The molecule has 0 spiro atoms. The molecule has 22 heavy (non-hydrogen) atoms. The van der Waals surface area contributed by atoms with Crippen LogP contribution >= 0.6 is 11.8 Å². The molecule has 2 aromatic rings. The minimum Gasteiger partial charge on any atom is -0.371 e. The molecule has 10 heteroatoms. The number of hydrazine groups is 1. The molecule has 1 atom stereocenters. The lowest BCUT2D eigenvalue weighted by molar-refractivity contribution is -0.385. The molecule has 1 aliphatic heterocycles. The molecule has 114 valence electrons. The summed E-state index contributed by atoms with van der Waals surface area (Å²) in [6, 6.07) is 4.66. The highest BCUT2D eigenvalue weighted by Crippen LogP contribution is 2.43. The molecule has 0 amide bonds. The van der Waals surface area contributed by atoms with E-state index in [4.69, 9.17) is 5.84 Å². The van der Waals surface area contributed by atoms with Gasteiger partial charge < -0.3 is 10.6 Å². The van der Waals surface area contributed by atoms with Crippen LogP contribution in [0.2, 0.25) is 0 Å². The van der Waals surface area contributed by atoms with E-state index in [-0.39, 0.29) is 5.69 Å². The van der Waals surface area contributed by atoms with Gasteiger partial charge in [0, 0.05) is 29.6 Å². The normalized spacial score (nSPS) is 16.0. The van der Waals surface area contributed by atoms with Crippen LogP contribution in [0.25, 0.3) is 0 Å². The lowest BCUT2D eigenvalue weighted by Crippen LogP contribution is -2.33. The topological polar surface area (TPSA) is 131 Å². The Balaban J connectivity index is 2.13. The second-order valence-corrected chi connectivity index (χ2v) is 5.51. The van der Waals surface area contributed by atoms with Gasteiger partial charge in [-0.2, -0.15) is 0 Å². The minimum atomic E-state index is -0.498. The van der Waals surface area contributed by atoms with Crippen LogP contribution in [0.3, 0.4) is 0 Å². The lowest BCUT2D eigenvalue weighted by Gasteiger charge is -2.19. The van der Waals surface area contributed by atoms with Crippen LogP contribution in [0.15, 0.2) is 34.4 Å². The third kappa shape index (κ3) is 2.43. The molecule has 5 N–H and O–H groups in total. The van der Waals surface area contributed by atoms with E-state index in [1.807, 2.05) is 0 Å². The SMILES string of the molecule is CNc1ncnc2c1N[C@@H](NN)c1cc([N+](=O)[O-])ccc1S2. The number of fused-ring (bicyclic) bond motifs is 2. The summed E-state index contributed by atoms with van der Waals surface area (Å²) < 4.78 is 0. The van der Waals surface area contributed by atoms with Crippen molar-refractivity contribution in [3.05, 3.63) is 40.2 Å². The van der Waals surface area contributed by atoms with Crippen molar-refractivity contribution in [2.45, 2.75) is 16.1 Å². The number of hydrogen-bond donors (Lipinski definition) is 4. The number of anilines is 2. The maximum atomic E-state index is 11.0. The Morgan fingerprint density at radius 3 is 2.95 bits per heavy atom. The van der Waals surface area contributed by atoms with Crippen molar-refractivity contribution in [3.63, 3.8) is 0 Å². The first-order chi connectivity index (χ1) is 10.6. The van der Waals surface area contributed by atoms with E-state index in [0.717, 1.165) is 4.90 Å². The molecule has 0 fully saturated rings. The molecule has 0 bridgehead atoms. The summed E-state index contributed by atoms with van der Waals surface area (Å²) in [5, 5.41) is 17.9. The van der Waals surface area contributed by atoms with Crippen LogP contribution < -0.4 is 21.9 Å². The number of aromatic nitrogens is 2. The van der Waals surface area contributed by atoms with Crippen molar-refractivity contribution >= 4 is 29.0 Å². The van der Waals surface area contributed by atoms with Gasteiger partial charge in [-0.15, -0.1) is 0 Å². The van der Waals surface area contributed by atoms with Crippen molar-refractivity contribution in [1.29, 1.82) is 0 Å². The Labute approximate surface area is 129 Å². The molecule has 9 nitrogen and oxygen atoms in total. The Morgan fingerprint density at radius 2 is 2.27 bits per heavy atom. The molecule has 0 aliphatic carbocycles. The van der Waals surface area contributed by atoms with E-state index in [0.29, 0.717) is 22.1 Å². The standard InChI is InChI=1S/C12H13N7O2S/c1-14-11-9-12(16-5-15-11)22-8-3-2-6(19(20)21)4-7(8)10(17-9)18-13/h2-5,10,17-18H,13H2,1H3,(H,14,15,16)/t10-/m0/s1. The zero-order valence-corrected chi connectivity index (χ0v) is 12.3. The summed E-state index contributed by atoms with van der Waals surface area (Å²) in [6.45, 7) is 0. The van der Waals surface area contributed by atoms with E-state index in [2.05, 4.69) is 26.0 Å². The van der Waals surface area contributed by atoms with Crippen LogP contribution in [0.5, 0.6) is 0 Å². The molecule has 2 heterocycles. The number of hydrogen-bond acceptors (Lipinski definition) is 9. The number of nitrogens with one attached hydrogen (secondary N) is 3. The van der Waals surface area contributed by atoms with Gasteiger partial charge >= 0.3 is 0 Å². The third-order valence-corrected chi connectivity index (χ3v) is 4.32. The minimum absolute atomic E-state index is 0.00674. The maximum absolute atomic E-state index is 11.0. The average Bonchev–Trinajstić information content (AvgIpc) is 2.69. The second-order valence-electron chi connectivity index (χ2n) is 4.48. The highest BCUT2D eigenvalue weighted by Gasteiger charge is 2.26. The molecular formula is C12H13N7O2S. The number of non-ortho nitro benzene ring substituents is 1. The van der Waals surface area contributed by atoms with Gasteiger partial charge in [0.05, 0.1) is 4.92 Å². The molecule has 0 saturated heterocycles. The summed E-state index contributed by atoms with van der Waals surface area (Å²) in [6.07, 6.45) is 0.961. The van der Waals surface area contributed by atoms with Gasteiger partial charge in [-0.1, -0.05) is 11.8 Å². The van der Waals surface area contributed by atoms with Gasteiger partial charge in [-0.25, -0.2) is 15.4 Å². The molecule has 0 unspecified atom stereocenters. The Kier molecular flexibility index (Phi) is 3.79. The highest BCUT2D eigenvalue weighted by atomic mass is 32.2. The monoisotopic (exact) mass is 319 g/mol. The Hall–Kier alpha value is -2.43. The van der Waals surface area contributed by atoms with E-state index in [1.54, 1.807) is 13.1 Å². The molecule has 1 aromatic heterocycles. The molecule has 0 saturated carbocycles. The lowest BCUT2D eigenvalue weighted by atomic mass is 10.1. The number of benzene rings is 1. The van der Waals surface area contributed by atoms with Gasteiger partial charge in [-0.05, 0) is 6.07 Å². The van der Waals surface area contributed by atoms with Crippen LogP contribution in [0, 0.1) is 10.1 Å². The molecule has 1 aliphatic rings. The summed E-state index contributed by atoms with van der Waals surface area (Å²) in [4.78, 5) is 19.8. The number of nitro groups is 1. The first-order valence-electron chi connectivity index (χ1n) is 6.35. The molecule has 0 radical (unpaired) electrons. The largest absolute Gasteiger partial charge is 0.371 e. The quantitative estimate of drug-likeness (QED) is 0.287. The number of rotatable bonds is 3. The summed E-state index contributed by atoms with van der Waals surface area (Å²) in [7, 11) is 1.75. The van der Waals surface area contributed by atoms with Crippen molar-refractivity contribution in [2.24, 2.45) is 5.84 Å². The summed E-state index contributed by atoms with van der Waals surface area (Å²) >= 11 is 1.40. The van der Waals surface area contributed by atoms with Gasteiger partial charge in [0.1, 0.15) is 23.2 Å². The van der Waals surface area contributed by atoms with Crippen molar-refractivity contribution in [2.75, 3.05) is 17.7 Å². The molecule has 3 rings (SSSR count). The zero-order chi connectivity index (χ0) is 15.7. The number of nitro benzene ring substituents is 1. The van der Waals surface area contributed by atoms with Gasteiger partial charge in [-0.3, -0.25) is 16.0 Å². The maximum Gasteiger partial charge on any atom is 0.269 e. The Morgan fingerprint density at radius 1 is 1.45 bits per heavy atom. The molecular weight excluding hydrogens is 306 g/mol. The van der Waals surface area contributed by atoms with Crippen LogP contribution in [-0.4, -0.2) is 21.9 Å². The van der Waals surface area contributed by atoms with Gasteiger partial charge in [0.15, 0.2) is 5.82 Å². The van der Waals surface area contributed by atoms with Gasteiger partial charge in [0.25, 0.3) is 5.69 Å². The van der Waals surface area contributed by atoms with Crippen molar-refractivity contribution in [1.82, 2.24) is 15.4 Å². The smallest absolute Gasteiger partial charge is 0.269 e. The third-order valence-electron chi connectivity index (χ3n) is 3.23.